The molecule has 93 valence electrons. The molecule has 0 aliphatic heterocycles. The predicted octanol–water partition coefficient (Wildman–Crippen LogP) is 1.19. The van der Waals surface area contributed by atoms with Crippen LogP contribution in [0.2, 0.25) is 0 Å². The Morgan fingerprint density at radius 1 is 1.44 bits per heavy atom. The van der Waals surface area contributed by atoms with E-state index in [1.807, 2.05) is 0 Å². The molecule has 7 heteroatoms. The van der Waals surface area contributed by atoms with Crippen LogP contribution in [0.1, 0.15) is 0 Å². The molecule has 0 saturated heterocycles. The van der Waals surface area contributed by atoms with E-state index in [2.05, 4.69) is 16.0 Å². The largest absolute Gasteiger partial charge is 0.491 e. The normalized spacial score (nSPS) is 11.4. The molecule has 0 aliphatic carbocycles. The Morgan fingerprint density at radius 2 is 2.17 bits per heavy atom. The smallest absolute Gasteiger partial charge is 0.247 e. The molecule has 0 unspecified atom stereocenters. The first-order valence-electron chi connectivity index (χ1n) is 4.81. The molecule has 2 rings (SSSR count). The van der Waals surface area contributed by atoms with Gasteiger partial charge in [-0.3, -0.25) is 0 Å². The standard InChI is InChI=1S/C11H8FN2O3S/c1-18(16,17)10-4-2-3-9(14-10)7-5-8(12)11(15)13-6-7/h2,4-6H,1H3,(H,13,15). The zero-order valence-electron chi connectivity index (χ0n) is 9.25. The van der Waals surface area contributed by atoms with Gasteiger partial charge in [0.25, 0.3) is 0 Å². The van der Waals surface area contributed by atoms with Crippen LogP contribution in [-0.2, 0) is 9.84 Å². The van der Waals surface area contributed by atoms with E-state index in [-0.39, 0.29) is 16.3 Å². The third-order valence-corrected chi connectivity index (χ3v) is 3.13. The Labute approximate surface area is 103 Å². The lowest BCUT2D eigenvalue weighted by Gasteiger charge is -2.03. The second-order valence-corrected chi connectivity index (χ2v) is 5.54. The van der Waals surface area contributed by atoms with Gasteiger partial charge in [0.15, 0.2) is 20.7 Å². The average molecular weight is 267 g/mol. The molecule has 1 radical (unpaired) electrons. The Morgan fingerprint density at radius 3 is 2.78 bits per heavy atom. The van der Waals surface area contributed by atoms with Crippen molar-refractivity contribution in [1.29, 1.82) is 0 Å². The lowest BCUT2D eigenvalue weighted by Crippen LogP contribution is -2.01. The maximum Gasteiger partial charge on any atom is 0.247 e. The molecule has 0 aliphatic rings. The molecule has 0 spiro atoms. The first-order valence-corrected chi connectivity index (χ1v) is 6.71. The van der Waals surface area contributed by atoms with Crippen LogP contribution >= 0.6 is 0 Å². The third-order valence-electron chi connectivity index (χ3n) is 2.14. The summed E-state index contributed by atoms with van der Waals surface area (Å²) in [6.45, 7) is 0. The molecule has 1 N–H and O–H groups in total. The molecule has 5 nitrogen and oxygen atoms in total. The van der Waals surface area contributed by atoms with Crippen LogP contribution in [0.15, 0.2) is 29.4 Å². The number of pyridine rings is 2. The van der Waals surface area contributed by atoms with Crippen molar-refractivity contribution in [3.8, 4) is 17.1 Å². The van der Waals surface area contributed by atoms with E-state index in [1.54, 1.807) is 0 Å². The van der Waals surface area contributed by atoms with Gasteiger partial charge in [0.1, 0.15) is 0 Å². The lowest BCUT2D eigenvalue weighted by atomic mass is 10.2. The minimum atomic E-state index is -3.45. The fourth-order valence-electron chi connectivity index (χ4n) is 1.29. The summed E-state index contributed by atoms with van der Waals surface area (Å²) in [6.07, 6.45) is 2.21. The molecule has 2 heterocycles. The number of halogens is 1. The second kappa shape index (κ2) is 4.34. The van der Waals surface area contributed by atoms with Gasteiger partial charge in [-0.05, 0) is 18.2 Å². The van der Waals surface area contributed by atoms with E-state index in [1.165, 1.54) is 18.3 Å². The predicted molar refractivity (Wildman–Crippen MR) is 61.0 cm³/mol. The van der Waals surface area contributed by atoms with Gasteiger partial charge in [-0.2, -0.15) is 0 Å². The van der Waals surface area contributed by atoms with Crippen molar-refractivity contribution in [2.45, 2.75) is 5.03 Å². The summed E-state index contributed by atoms with van der Waals surface area (Å²) in [6, 6.07) is 6.36. The van der Waals surface area contributed by atoms with Gasteiger partial charge in [0, 0.05) is 24.1 Å². The van der Waals surface area contributed by atoms with Crippen LogP contribution in [-0.4, -0.2) is 29.7 Å². The molecular formula is C11H8FN2O3S. The van der Waals surface area contributed by atoms with Crippen LogP contribution in [0.3, 0.4) is 0 Å². The fourth-order valence-corrected chi connectivity index (χ4v) is 1.86. The van der Waals surface area contributed by atoms with E-state index >= 15 is 0 Å². The number of aromatic hydroxyl groups is 1. The molecule has 2 aromatic heterocycles. The lowest BCUT2D eigenvalue weighted by molar-refractivity contribution is 0.411. The zero-order valence-corrected chi connectivity index (χ0v) is 10.1. The van der Waals surface area contributed by atoms with Crippen LogP contribution in [0.4, 0.5) is 4.39 Å². The number of nitrogens with zero attached hydrogens (tertiary/aromatic N) is 2. The highest BCUT2D eigenvalue weighted by molar-refractivity contribution is 7.90. The van der Waals surface area contributed by atoms with Crippen molar-refractivity contribution in [3.63, 3.8) is 0 Å². The summed E-state index contributed by atoms with van der Waals surface area (Å²) < 4.78 is 35.8. The first-order chi connectivity index (χ1) is 8.38. The molecule has 0 aromatic carbocycles. The monoisotopic (exact) mass is 267 g/mol. The number of hydrogen-bond acceptors (Lipinski definition) is 5. The molecule has 0 atom stereocenters. The maximum atomic E-state index is 13.1. The van der Waals surface area contributed by atoms with E-state index < -0.39 is 21.5 Å². The van der Waals surface area contributed by atoms with Gasteiger partial charge in [0.05, 0.1) is 5.69 Å². The zero-order chi connectivity index (χ0) is 13.3. The highest BCUT2D eigenvalue weighted by Gasteiger charge is 2.12. The van der Waals surface area contributed by atoms with Gasteiger partial charge in [0.2, 0.25) is 5.88 Å². The minimum Gasteiger partial charge on any atom is -0.491 e. The summed E-state index contributed by atoms with van der Waals surface area (Å²) in [7, 11) is -3.45. The second-order valence-electron chi connectivity index (χ2n) is 3.58. The first kappa shape index (κ1) is 12.4. The van der Waals surface area contributed by atoms with E-state index in [9.17, 15) is 12.8 Å². The summed E-state index contributed by atoms with van der Waals surface area (Å²) in [5, 5.41) is 8.83. The molecule has 0 fully saturated rings. The Bertz CT molecular complexity index is 701. The van der Waals surface area contributed by atoms with Crippen molar-refractivity contribution in [2.75, 3.05) is 6.26 Å². The topological polar surface area (TPSA) is 80.2 Å². The van der Waals surface area contributed by atoms with Crippen molar-refractivity contribution in [3.05, 3.63) is 36.3 Å². The number of hydrogen-bond donors (Lipinski definition) is 1. The highest BCUT2D eigenvalue weighted by Crippen LogP contribution is 2.21. The van der Waals surface area contributed by atoms with Crippen molar-refractivity contribution < 1.29 is 17.9 Å². The van der Waals surface area contributed by atoms with Crippen LogP contribution in [0.5, 0.6) is 5.88 Å². The fraction of sp³-hybridized carbons (Fsp3) is 0.0909. The van der Waals surface area contributed by atoms with Gasteiger partial charge < -0.3 is 5.11 Å². The Hall–Kier alpha value is -2.02. The van der Waals surface area contributed by atoms with E-state index in [0.717, 1.165) is 12.3 Å². The Balaban J connectivity index is 2.55. The number of aromatic nitrogens is 2. The average Bonchev–Trinajstić information content (AvgIpc) is 2.32. The van der Waals surface area contributed by atoms with Crippen molar-refractivity contribution in [1.82, 2.24) is 9.97 Å². The Kier molecular flexibility index (Phi) is 3.00. The van der Waals surface area contributed by atoms with Crippen LogP contribution in [0, 0.1) is 11.9 Å². The highest BCUT2D eigenvalue weighted by atomic mass is 32.2. The van der Waals surface area contributed by atoms with Gasteiger partial charge in [-0.1, -0.05) is 0 Å². The summed E-state index contributed by atoms with van der Waals surface area (Å²) >= 11 is 0. The quantitative estimate of drug-likeness (QED) is 0.884. The SMILES string of the molecule is CS(=O)(=O)c1cc[c]c(-c2cnc(O)c(F)c2)n1. The molecule has 2 aromatic rings. The summed E-state index contributed by atoms with van der Waals surface area (Å²) in [5.74, 6) is -1.63. The van der Waals surface area contributed by atoms with Crippen LogP contribution in [0.25, 0.3) is 11.3 Å². The van der Waals surface area contributed by atoms with E-state index in [4.69, 9.17) is 5.11 Å². The number of sulfone groups is 1. The third kappa shape index (κ3) is 2.45. The molecular weight excluding hydrogens is 259 g/mol. The van der Waals surface area contributed by atoms with Gasteiger partial charge in [-0.25, -0.2) is 22.8 Å². The molecule has 0 saturated carbocycles. The minimum absolute atomic E-state index is 0.135. The molecule has 0 bridgehead atoms. The molecule has 0 amide bonds. The van der Waals surface area contributed by atoms with Crippen molar-refractivity contribution >= 4 is 9.84 Å². The van der Waals surface area contributed by atoms with Crippen molar-refractivity contribution in [2.24, 2.45) is 0 Å². The molecule has 18 heavy (non-hydrogen) atoms. The van der Waals surface area contributed by atoms with Crippen LogP contribution < -0.4 is 0 Å². The maximum absolute atomic E-state index is 13.1. The summed E-state index contributed by atoms with van der Waals surface area (Å²) in [5.41, 5.74) is 0.375. The number of rotatable bonds is 2. The van der Waals surface area contributed by atoms with Gasteiger partial charge >= 0.3 is 0 Å². The van der Waals surface area contributed by atoms with Gasteiger partial charge in [-0.15, -0.1) is 0 Å². The summed E-state index contributed by atoms with van der Waals surface area (Å²) in [4.78, 5) is 7.27. The van der Waals surface area contributed by atoms with E-state index in [0.29, 0.717) is 0 Å².